The van der Waals surface area contributed by atoms with Crippen LogP contribution < -0.4 is 16.0 Å². The molecule has 0 saturated carbocycles. The van der Waals surface area contributed by atoms with Crippen LogP contribution in [-0.2, 0) is 4.84 Å². The maximum absolute atomic E-state index is 6.45. The summed E-state index contributed by atoms with van der Waals surface area (Å²) in [5.41, 5.74) is 9.72. The third-order valence-electron chi connectivity index (χ3n) is 4.47. The molecule has 0 amide bonds. The molecule has 4 rings (SSSR count). The predicted molar refractivity (Wildman–Crippen MR) is 134 cm³/mol. The summed E-state index contributed by atoms with van der Waals surface area (Å²) < 4.78 is 12.5. The van der Waals surface area contributed by atoms with Crippen molar-refractivity contribution in [1.29, 1.82) is 0 Å². The summed E-state index contributed by atoms with van der Waals surface area (Å²) >= 11 is 6.45. The van der Waals surface area contributed by atoms with Gasteiger partial charge in [0.2, 0.25) is 17.6 Å². The van der Waals surface area contributed by atoms with Gasteiger partial charge in [-0.25, -0.2) is 4.98 Å². The highest BCUT2D eigenvalue weighted by Crippen LogP contribution is 2.26. The lowest BCUT2D eigenvalue weighted by molar-refractivity contribution is -0.0373. The summed E-state index contributed by atoms with van der Waals surface area (Å²) in [4.78, 5) is 9.65. The second-order valence-corrected chi connectivity index (χ2v) is 7.49. The number of nitrogens with zero attached hydrogens (tertiary/aromatic N) is 6. The number of hydroxylamine groups is 1. The third kappa shape index (κ3) is 6.44. The van der Waals surface area contributed by atoms with Gasteiger partial charge in [-0.1, -0.05) is 42.7 Å². The smallest absolute Gasteiger partial charge is 0.294 e. The lowest BCUT2D eigenvalue weighted by Crippen LogP contribution is -2.35. The van der Waals surface area contributed by atoms with Crippen molar-refractivity contribution >= 4 is 11.6 Å². The second kappa shape index (κ2) is 12.8. The van der Waals surface area contributed by atoms with E-state index in [9.17, 15) is 0 Å². The minimum absolute atomic E-state index is 0.101. The molecule has 3 aromatic heterocycles. The van der Waals surface area contributed by atoms with Gasteiger partial charge in [-0.2, -0.15) is 5.48 Å². The summed E-state index contributed by atoms with van der Waals surface area (Å²) in [5, 5.41) is 17.0. The molecule has 2 atom stereocenters. The van der Waals surface area contributed by atoms with Crippen LogP contribution in [-0.4, -0.2) is 43.2 Å². The fourth-order valence-electron chi connectivity index (χ4n) is 2.93. The van der Waals surface area contributed by atoms with E-state index in [-0.39, 0.29) is 17.9 Å². The van der Waals surface area contributed by atoms with E-state index in [1.165, 1.54) is 7.11 Å². The standard InChI is InChI=1S/C22H21ClN8O3.C2H6/c1-13(34-30-14(2)24)21-28-26-18(31(21)17-7-5-4-6-16(17)23)8-9-19-27-29-22(33-19)15-10-11-25-20(12-15)32-3;1-2/h4-7,10-14,30H,24H2,1-3H3;1-2H3. The molecule has 36 heavy (non-hydrogen) atoms. The van der Waals surface area contributed by atoms with E-state index in [0.29, 0.717) is 33.8 Å². The number of hydrogen-bond acceptors (Lipinski definition) is 10. The molecule has 1 aromatic carbocycles. The topological polar surface area (TPSA) is 139 Å². The van der Waals surface area contributed by atoms with E-state index in [1.54, 1.807) is 42.8 Å². The number of rotatable bonds is 7. The molecule has 0 bridgehead atoms. The van der Waals surface area contributed by atoms with Crippen LogP contribution in [0.5, 0.6) is 5.88 Å². The molecular weight excluding hydrogens is 484 g/mol. The SMILES string of the molecule is CC.COc1cc(-c2nnc(C#Cc3nnc(C(C)ONC(C)N)n3-c3ccccc3Cl)o2)ccn1. The number of hydrogen-bond donors (Lipinski definition) is 2. The van der Waals surface area contributed by atoms with Gasteiger partial charge in [0.25, 0.3) is 5.89 Å². The number of ether oxygens (including phenoxy) is 1. The third-order valence-corrected chi connectivity index (χ3v) is 4.79. The van der Waals surface area contributed by atoms with Gasteiger partial charge in [-0.3, -0.25) is 9.40 Å². The lowest BCUT2D eigenvalue weighted by atomic mass is 10.3. The Labute approximate surface area is 214 Å². The van der Waals surface area contributed by atoms with Gasteiger partial charge in [0.15, 0.2) is 5.82 Å². The Morgan fingerprint density at radius 2 is 1.86 bits per heavy atom. The van der Waals surface area contributed by atoms with Crippen molar-refractivity contribution in [1.82, 2.24) is 35.4 Å². The van der Waals surface area contributed by atoms with Crippen molar-refractivity contribution in [2.75, 3.05) is 7.11 Å². The molecule has 0 radical (unpaired) electrons. The normalized spacial score (nSPS) is 12.1. The monoisotopic (exact) mass is 510 g/mol. The first-order valence-electron chi connectivity index (χ1n) is 11.2. The zero-order valence-corrected chi connectivity index (χ0v) is 21.3. The summed E-state index contributed by atoms with van der Waals surface area (Å²) in [6.07, 6.45) is 0.702. The number of benzene rings is 1. The Bertz CT molecular complexity index is 1340. The van der Waals surface area contributed by atoms with Gasteiger partial charge in [0.1, 0.15) is 6.10 Å². The molecule has 0 aliphatic rings. The maximum Gasteiger partial charge on any atom is 0.294 e. The number of nitrogens with two attached hydrogens (primary N) is 1. The molecule has 0 aliphatic carbocycles. The molecule has 12 heteroatoms. The Morgan fingerprint density at radius 3 is 2.58 bits per heavy atom. The van der Waals surface area contributed by atoms with Crippen LogP contribution in [0, 0.1) is 11.8 Å². The average molecular weight is 511 g/mol. The van der Waals surface area contributed by atoms with Gasteiger partial charge in [-0.15, -0.1) is 15.3 Å². The van der Waals surface area contributed by atoms with E-state index in [4.69, 9.17) is 31.3 Å². The molecule has 0 aliphatic heterocycles. The van der Waals surface area contributed by atoms with E-state index in [1.807, 2.05) is 32.0 Å². The van der Waals surface area contributed by atoms with Gasteiger partial charge in [0.05, 0.1) is 24.0 Å². The molecule has 4 aromatic rings. The zero-order valence-electron chi connectivity index (χ0n) is 20.6. The molecule has 188 valence electrons. The maximum atomic E-state index is 6.45. The highest BCUT2D eigenvalue weighted by Gasteiger charge is 2.21. The summed E-state index contributed by atoms with van der Waals surface area (Å²) in [6.45, 7) is 7.56. The number of nitrogens with one attached hydrogen (secondary N) is 1. The van der Waals surface area contributed by atoms with Crippen molar-refractivity contribution in [3.63, 3.8) is 0 Å². The Morgan fingerprint density at radius 1 is 1.08 bits per heavy atom. The molecule has 3 N–H and O–H groups in total. The van der Waals surface area contributed by atoms with Crippen LogP contribution in [0.2, 0.25) is 5.02 Å². The van der Waals surface area contributed by atoms with Crippen molar-refractivity contribution in [2.24, 2.45) is 5.73 Å². The van der Waals surface area contributed by atoms with E-state index in [0.717, 1.165) is 0 Å². The number of halogens is 1. The van der Waals surface area contributed by atoms with Crippen LogP contribution in [0.1, 0.15) is 51.3 Å². The van der Waals surface area contributed by atoms with Gasteiger partial charge < -0.3 is 14.9 Å². The highest BCUT2D eigenvalue weighted by atomic mass is 35.5. The fraction of sp³-hybridized carbons (Fsp3) is 0.292. The number of aromatic nitrogens is 6. The van der Waals surface area contributed by atoms with Crippen LogP contribution in [0.25, 0.3) is 17.1 Å². The van der Waals surface area contributed by atoms with Crippen LogP contribution in [0.3, 0.4) is 0 Å². The lowest BCUT2D eigenvalue weighted by Gasteiger charge is -2.17. The van der Waals surface area contributed by atoms with Gasteiger partial charge >= 0.3 is 0 Å². The average Bonchev–Trinajstić information content (AvgIpc) is 3.55. The molecule has 2 unspecified atom stereocenters. The first-order valence-corrected chi connectivity index (χ1v) is 11.6. The first-order chi connectivity index (χ1) is 17.5. The first kappa shape index (κ1) is 26.8. The van der Waals surface area contributed by atoms with E-state index in [2.05, 4.69) is 42.7 Å². The quantitative estimate of drug-likeness (QED) is 0.215. The Balaban J connectivity index is 0.00000176. The summed E-state index contributed by atoms with van der Waals surface area (Å²) in [7, 11) is 1.53. The summed E-state index contributed by atoms with van der Waals surface area (Å²) in [6, 6.07) is 10.7. The highest BCUT2D eigenvalue weighted by molar-refractivity contribution is 6.32. The number of methoxy groups -OCH3 is 1. The molecule has 11 nitrogen and oxygen atoms in total. The van der Waals surface area contributed by atoms with Crippen LogP contribution in [0.15, 0.2) is 47.0 Å². The minimum atomic E-state index is -0.512. The van der Waals surface area contributed by atoms with Crippen molar-refractivity contribution < 1.29 is 14.0 Å². The van der Waals surface area contributed by atoms with E-state index >= 15 is 0 Å². The largest absolute Gasteiger partial charge is 0.481 e. The molecular formula is C24H27ClN8O3. The fourth-order valence-corrected chi connectivity index (χ4v) is 3.15. The molecule has 0 saturated heterocycles. The van der Waals surface area contributed by atoms with Crippen molar-refractivity contribution in [3.05, 3.63) is 65.2 Å². The van der Waals surface area contributed by atoms with Crippen LogP contribution >= 0.6 is 11.6 Å². The van der Waals surface area contributed by atoms with Crippen molar-refractivity contribution in [3.8, 4) is 34.9 Å². The Kier molecular flexibility index (Phi) is 9.49. The molecule has 3 heterocycles. The van der Waals surface area contributed by atoms with Gasteiger partial charge in [0, 0.05) is 23.7 Å². The molecule has 0 spiro atoms. The minimum Gasteiger partial charge on any atom is -0.481 e. The molecule has 0 fully saturated rings. The summed E-state index contributed by atoms with van der Waals surface area (Å²) in [5.74, 6) is 7.35. The predicted octanol–water partition coefficient (Wildman–Crippen LogP) is 3.69. The zero-order chi connectivity index (χ0) is 26.1. The van der Waals surface area contributed by atoms with Crippen molar-refractivity contribution in [2.45, 2.75) is 40.0 Å². The number of para-hydroxylation sites is 1. The second-order valence-electron chi connectivity index (χ2n) is 7.08. The van der Waals surface area contributed by atoms with Crippen LogP contribution in [0.4, 0.5) is 0 Å². The number of pyridine rings is 1. The van der Waals surface area contributed by atoms with E-state index < -0.39 is 6.10 Å². The Hall–Kier alpha value is -3.82. The van der Waals surface area contributed by atoms with Gasteiger partial charge in [-0.05, 0) is 38.0 Å².